The lowest BCUT2D eigenvalue weighted by Gasteiger charge is -2.19. The molecule has 0 spiro atoms. The van der Waals surface area contributed by atoms with Crippen molar-refractivity contribution in [3.8, 4) is 0 Å². The van der Waals surface area contributed by atoms with Crippen molar-refractivity contribution in [2.24, 2.45) is 0 Å². The zero-order valence-corrected chi connectivity index (χ0v) is 13.5. The summed E-state index contributed by atoms with van der Waals surface area (Å²) in [5.41, 5.74) is 2.61. The lowest BCUT2D eigenvalue weighted by molar-refractivity contribution is -0.126. The first kappa shape index (κ1) is 15.6. The van der Waals surface area contributed by atoms with E-state index in [1.165, 1.54) is 6.92 Å². The molecule has 1 atom stereocenters. The number of hydrogen-bond acceptors (Lipinski definition) is 2. The van der Waals surface area contributed by atoms with Crippen LogP contribution in [0.2, 0.25) is 5.02 Å². The van der Waals surface area contributed by atoms with Gasteiger partial charge in [-0.05, 0) is 18.1 Å². The highest BCUT2D eigenvalue weighted by atomic mass is 35.5. The maximum absolute atomic E-state index is 12.7. The first-order chi connectivity index (χ1) is 11.1. The van der Waals surface area contributed by atoms with Gasteiger partial charge in [0.25, 0.3) is 5.91 Å². The molecular formula is C18H17ClN2O2. The molecule has 0 saturated heterocycles. The first-order valence-corrected chi connectivity index (χ1v) is 7.86. The zero-order chi connectivity index (χ0) is 16.4. The Bertz CT molecular complexity index is 746. The van der Waals surface area contributed by atoms with Crippen molar-refractivity contribution < 1.29 is 9.59 Å². The van der Waals surface area contributed by atoms with Crippen molar-refractivity contribution in [1.29, 1.82) is 0 Å². The molecule has 0 radical (unpaired) electrons. The van der Waals surface area contributed by atoms with E-state index in [9.17, 15) is 9.59 Å². The Morgan fingerprint density at radius 3 is 2.61 bits per heavy atom. The number of fused-ring (bicyclic) bond motifs is 1. The summed E-state index contributed by atoms with van der Waals surface area (Å²) in [4.78, 5) is 25.8. The maximum Gasteiger partial charge on any atom is 0.254 e. The summed E-state index contributed by atoms with van der Waals surface area (Å²) in [6, 6.07) is 14.7. The van der Waals surface area contributed by atoms with Crippen LogP contribution in [-0.4, -0.2) is 18.4 Å². The Hall–Kier alpha value is -2.33. The van der Waals surface area contributed by atoms with Crippen LogP contribution in [0.3, 0.4) is 0 Å². The van der Waals surface area contributed by atoms with Crippen LogP contribution in [0.5, 0.6) is 0 Å². The highest BCUT2D eigenvalue weighted by Gasteiger charge is 2.38. The number of carbonyl (C=O) groups is 2. The molecule has 0 aromatic heterocycles. The number of nitrogens with one attached hydrogen (secondary N) is 1. The fraction of sp³-hybridized carbons (Fsp3) is 0.222. The van der Waals surface area contributed by atoms with Gasteiger partial charge in [-0.3, -0.25) is 9.59 Å². The van der Waals surface area contributed by atoms with Gasteiger partial charge in [0.05, 0.1) is 10.7 Å². The molecular weight excluding hydrogens is 312 g/mol. The summed E-state index contributed by atoms with van der Waals surface area (Å²) in [5, 5.41) is 3.24. The predicted molar refractivity (Wildman–Crippen MR) is 90.5 cm³/mol. The molecule has 0 unspecified atom stereocenters. The minimum atomic E-state index is -0.656. The van der Waals surface area contributed by atoms with Crippen LogP contribution >= 0.6 is 11.6 Å². The lowest BCUT2D eigenvalue weighted by Crippen LogP contribution is -2.37. The van der Waals surface area contributed by atoms with Gasteiger partial charge in [-0.2, -0.15) is 0 Å². The highest BCUT2D eigenvalue weighted by molar-refractivity contribution is 6.34. The molecule has 0 aliphatic carbocycles. The van der Waals surface area contributed by atoms with Gasteiger partial charge in [0.15, 0.2) is 0 Å². The van der Waals surface area contributed by atoms with Gasteiger partial charge in [-0.1, -0.05) is 54.1 Å². The summed E-state index contributed by atoms with van der Waals surface area (Å²) >= 11 is 6.31. The third kappa shape index (κ3) is 3.08. The van der Waals surface area contributed by atoms with Crippen molar-refractivity contribution >= 4 is 29.1 Å². The van der Waals surface area contributed by atoms with Gasteiger partial charge in [-0.25, -0.2) is 0 Å². The number of benzene rings is 2. The van der Waals surface area contributed by atoms with E-state index in [1.54, 1.807) is 17.0 Å². The highest BCUT2D eigenvalue weighted by Crippen LogP contribution is 2.40. The van der Waals surface area contributed by atoms with E-state index < -0.39 is 6.04 Å². The van der Waals surface area contributed by atoms with Crippen LogP contribution in [0.4, 0.5) is 5.69 Å². The molecule has 118 valence electrons. The van der Waals surface area contributed by atoms with Gasteiger partial charge in [0.2, 0.25) is 5.91 Å². The number of rotatable bonds is 4. The first-order valence-electron chi connectivity index (χ1n) is 7.48. The monoisotopic (exact) mass is 328 g/mol. The van der Waals surface area contributed by atoms with Crippen LogP contribution in [-0.2, 0) is 16.0 Å². The van der Waals surface area contributed by atoms with E-state index in [-0.39, 0.29) is 11.8 Å². The molecule has 0 fully saturated rings. The van der Waals surface area contributed by atoms with E-state index in [0.717, 1.165) is 17.5 Å². The van der Waals surface area contributed by atoms with Crippen LogP contribution in [0, 0.1) is 0 Å². The molecule has 5 heteroatoms. The average molecular weight is 329 g/mol. The Morgan fingerprint density at radius 1 is 1.17 bits per heavy atom. The van der Waals surface area contributed by atoms with Crippen LogP contribution in [0.15, 0.2) is 48.5 Å². The third-order valence-electron chi connectivity index (χ3n) is 3.93. The molecule has 3 rings (SSSR count). The molecule has 2 aromatic rings. The quantitative estimate of drug-likeness (QED) is 0.937. The topological polar surface area (TPSA) is 49.4 Å². The number of anilines is 1. The molecule has 1 heterocycles. The van der Waals surface area contributed by atoms with Gasteiger partial charge in [-0.15, -0.1) is 0 Å². The standard InChI is InChI=1S/C18H17ClN2O2/c1-12(22)20-16-14-8-5-9-15(19)17(14)21(18(16)23)11-10-13-6-3-2-4-7-13/h2-9,16H,10-11H2,1H3,(H,20,22)/t16-/m1/s1. The number of halogens is 1. The van der Waals surface area contributed by atoms with Crippen molar-refractivity contribution in [2.45, 2.75) is 19.4 Å². The smallest absolute Gasteiger partial charge is 0.254 e. The van der Waals surface area contributed by atoms with Gasteiger partial charge >= 0.3 is 0 Å². The minimum Gasteiger partial charge on any atom is -0.341 e. The molecule has 2 aromatic carbocycles. The van der Waals surface area contributed by atoms with E-state index in [0.29, 0.717) is 17.3 Å². The number of amides is 2. The van der Waals surface area contributed by atoms with E-state index in [1.807, 2.05) is 36.4 Å². The Kier molecular flexibility index (Phi) is 4.35. The fourth-order valence-electron chi connectivity index (χ4n) is 2.90. The van der Waals surface area contributed by atoms with Crippen molar-refractivity contribution in [2.75, 3.05) is 11.4 Å². The van der Waals surface area contributed by atoms with Gasteiger partial charge in [0.1, 0.15) is 6.04 Å². The number of nitrogens with zero attached hydrogens (tertiary/aromatic N) is 1. The molecule has 0 bridgehead atoms. The predicted octanol–water partition coefficient (Wildman–Crippen LogP) is 3.11. The molecule has 1 aliphatic rings. The molecule has 1 N–H and O–H groups in total. The summed E-state index contributed by atoms with van der Waals surface area (Å²) in [7, 11) is 0. The summed E-state index contributed by atoms with van der Waals surface area (Å²) in [6.07, 6.45) is 0.726. The summed E-state index contributed by atoms with van der Waals surface area (Å²) in [5.74, 6) is -0.376. The molecule has 1 aliphatic heterocycles. The SMILES string of the molecule is CC(=O)N[C@H]1C(=O)N(CCc2ccccc2)c2c(Cl)cccc21. The average Bonchev–Trinajstić information content (AvgIpc) is 2.80. The van der Waals surface area contributed by atoms with Crippen molar-refractivity contribution in [3.63, 3.8) is 0 Å². The van der Waals surface area contributed by atoms with E-state index in [4.69, 9.17) is 11.6 Å². The number of para-hydroxylation sites is 1. The van der Waals surface area contributed by atoms with Crippen LogP contribution < -0.4 is 10.2 Å². The molecule has 4 nitrogen and oxygen atoms in total. The van der Waals surface area contributed by atoms with Crippen molar-refractivity contribution in [3.05, 3.63) is 64.7 Å². The zero-order valence-electron chi connectivity index (χ0n) is 12.8. The second-order valence-corrected chi connectivity index (χ2v) is 5.94. The molecule has 0 saturated carbocycles. The van der Waals surface area contributed by atoms with Gasteiger partial charge < -0.3 is 10.2 Å². The van der Waals surface area contributed by atoms with Gasteiger partial charge in [0, 0.05) is 19.0 Å². The minimum absolute atomic E-state index is 0.140. The maximum atomic E-state index is 12.7. The molecule has 23 heavy (non-hydrogen) atoms. The lowest BCUT2D eigenvalue weighted by atomic mass is 10.1. The fourth-order valence-corrected chi connectivity index (χ4v) is 3.18. The second-order valence-electron chi connectivity index (χ2n) is 5.54. The number of hydrogen-bond donors (Lipinski definition) is 1. The largest absolute Gasteiger partial charge is 0.341 e. The van der Waals surface area contributed by atoms with E-state index in [2.05, 4.69) is 5.32 Å². The van der Waals surface area contributed by atoms with Crippen LogP contribution in [0.1, 0.15) is 24.1 Å². The van der Waals surface area contributed by atoms with Crippen molar-refractivity contribution in [1.82, 2.24) is 5.32 Å². The number of carbonyl (C=O) groups excluding carboxylic acids is 2. The Labute approximate surface area is 140 Å². The molecule has 2 amide bonds. The second kappa shape index (κ2) is 6.42. The summed E-state index contributed by atoms with van der Waals surface area (Å²) in [6.45, 7) is 1.93. The van der Waals surface area contributed by atoms with E-state index >= 15 is 0 Å². The Morgan fingerprint density at radius 2 is 1.91 bits per heavy atom. The Balaban J connectivity index is 1.89. The normalized spacial score (nSPS) is 16.3. The third-order valence-corrected chi connectivity index (χ3v) is 4.23. The summed E-state index contributed by atoms with van der Waals surface area (Å²) < 4.78 is 0. The van der Waals surface area contributed by atoms with Crippen LogP contribution in [0.25, 0.3) is 0 Å².